The maximum Gasteiger partial charge on any atom is 0.253 e. The van der Waals surface area contributed by atoms with Crippen LogP contribution in [0.3, 0.4) is 0 Å². The maximum absolute atomic E-state index is 12.7. The molecule has 1 N–H and O–H groups in total. The van der Waals surface area contributed by atoms with Crippen molar-refractivity contribution in [1.82, 2.24) is 5.32 Å². The van der Waals surface area contributed by atoms with Crippen molar-refractivity contribution in [2.45, 2.75) is 25.8 Å². The molecule has 1 unspecified atom stereocenters. The number of carbonyl (C=O) groups is 1. The molecule has 1 aliphatic rings. The molecule has 0 saturated carbocycles. The highest BCUT2D eigenvalue weighted by Gasteiger charge is 2.20. The van der Waals surface area contributed by atoms with E-state index in [0.29, 0.717) is 17.1 Å². The Kier molecular flexibility index (Phi) is 5.27. The molecule has 1 aliphatic carbocycles. The Balaban J connectivity index is 1.66. The van der Waals surface area contributed by atoms with Gasteiger partial charge in [-0.1, -0.05) is 18.2 Å². The van der Waals surface area contributed by atoms with Crippen LogP contribution in [-0.4, -0.2) is 14.7 Å². The summed E-state index contributed by atoms with van der Waals surface area (Å²) in [7, 11) is 0. The lowest BCUT2D eigenvalue weighted by Gasteiger charge is -2.28. The molecule has 7 heteroatoms. The molecule has 144 valence electrons. The van der Waals surface area contributed by atoms with E-state index in [4.69, 9.17) is 4.42 Å². The van der Waals surface area contributed by atoms with Crippen LogP contribution < -0.4 is 9.62 Å². The molecule has 0 radical (unpaired) electrons. The number of nitrogens with one attached hydrogen (secondary N) is 1. The number of furan rings is 1. The molecule has 1 heterocycles. The second-order valence-corrected chi connectivity index (χ2v) is 7.40. The summed E-state index contributed by atoms with van der Waals surface area (Å²) in [6.07, 6.45) is 4.56. The SMILES string of the molecule is O=C(NCc1ccco1)c1ccccc1N(c1ccc2c(c1)CCC2)S(=O)[O-]. The zero-order valence-electron chi connectivity index (χ0n) is 15.1. The van der Waals surface area contributed by atoms with Gasteiger partial charge in [0.05, 0.1) is 41.0 Å². The molecule has 1 amide bonds. The van der Waals surface area contributed by atoms with E-state index < -0.39 is 11.3 Å². The third kappa shape index (κ3) is 3.72. The van der Waals surface area contributed by atoms with Crippen LogP contribution in [0.15, 0.2) is 65.3 Å². The minimum Gasteiger partial charge on any atom is -0.755 e. The number of rotatable bonds is 6. The lowest BCUT2D eigenvalue weighted by Crippen LogP contribution is -2.27. The Hall–Kier alpha value is -2.90. The summed E-state index contributed by atoms with van der Waals surface area (Å²) in [5.74, 6) is 0.248. The molecule has 2 aromatic carbocycles. The first-order valence-electron chi connectivity index (χ1n) is 9.04. The molecule has 1 aromatic heterocycles. The number of nitrogens with zero attached hydrogens (tertiary/aromatic N) is 1. The normalized spacial score (nSPS) is 13.8. The molecule has 6 nitrogen and oxygen atoms in total. The molecule has 0 saturated heterocycles. The van der Waals surface area contributed by atoms with Crippen LogP contribution in [0.25, 0.3) is 0 Å². The third-order valence-electron chi connectivity index (χ3n) is 4.84. The summed E-state index contributed by atoms with van der Waals surface area (Å²) < 4.78 is 30.6. The molecule has 0 fully saturated rings. The Bertz CT molecular complexity index is 1020. The van der Waals surface area contributed by atoms with Crippen LogP contribution >= 0.6 is 0 Å². The van der Waals surface area contributed by atoms with Crippen molar-refractivity contribution in [1.29, 1.82) is 0 Å². The predicted molar refractivity (Wildman–Crippen MR) is 106 cm³/mol. The molecular weight excluding hydrogens is 376 g/mol. The molecule has 4 rings (SSSR count). The highest BCUT2D eigenvalue weighted by atomic mass is 32.2. The lowest BCUT2D eigenvalue weighted by atomic mass is 10.1. The third-order valence-corrected chi connectivity index (χ3v) is 5.54. The number of anilines is 2. The van der Waals surface area contributed by atoms with Gasteiger partial charge in [0.1, 0.15) is 5.76 Å². The molecule has 28 heavy (non-hydrogen) atoms. The zero-order chi connectivity index (χ0) is 19.5. The maximum atomic E-state index is 12.7. The van der Waals surface area contributed by atoms with Gasteiger partial charge in [-0.3, -0.25) is 13.3 Å². The Morgan fingerprint density at radius 2 is 1.93 bits per heavy atom. The fourth-order valence-corrected chi connectivity index (χ4v) is 4.11. The number of aryl methyl sites for hydroxylation is 2. The summed E-state index contributed by atoms with van der Waals surface area (Å²) in [4.78, 5) is 12.7. The summed E-state index contributed by atoms with van der Waals surface area (Å²) in [6.45, 7) is 0.222. The molecule has 0 aliphatic heterocycles. The smallest absolute Gasteiger partial charge is 0.253 e. The monoisotopic (exact) mass is 395 g/mol. The Labute approximate surface area is 165 Å². The van der Waals surface area contributed by atoms with Gasteiger partial charge < -0.3 is 14.3 Å². The van der Waals surface area contributed by atoms with E-state index in [0.717, 1.165) is 24.8 Å². The minimum atomic E-state index is -2.58. The van der Waals surface area contributed by atoms with Crippen molar-refractivity contribution in [3.8, 4) is 0 Å². The fraction of sp³-hybridized carbons (Fsp3) is 0.190. The number of para-hydroxylation sites is 1. The van der Waals surface area contributed by atoms with Gasteiger partial charge in [0.2, 0.25) is 0 Å². The number of hydrogen-bond acceptors (Lipinski definition) is 4. The van der Waals surface area contributed by atoms with E-state index in [-0.39, 0.29) is 18.0 Å². The highest BCUT2D eigenvalue weighted by molar-refractivity contribution is 7.81. The average molecular weight is 395 g/mol. The predicted octanol–water partition coefficient (Wildman–Crippen LogP) is 3.63. The fourth-order valence-electron chi connectivity index (χ4n) is 3.51. The van der Waals surface area contributed by atoms with Gasteiger partial charge in [0.25, 0.3) is 5.91 Å². The molecule has 3 aromatic rings. The van der Waals surface area contributed by atoms with E-state index in [1.807, 2.05) is 12.1 Å². The average Bonchev–Trinajstić information content (AvgIpc) is 3.38. The molecule has 0 bridgehead atoms. The minimum absolute atomic E-state index is 0.222. The van der Waals surface area contributed by atoms with Gasteiger partial charge in [-0.05, 0) is 66.8 Å². The first-order chi connectivity index (χ1) is 13.6. The molecule has 0 spiro atoms. The first kappa shape index (κ1) is 18.5. The standard InChI is InChI=1S/C21H20N2O4S/c24-21(22-14-18-7-4-12-27-18)19-8-1-2-9-20(19)23(28(25)26)17-11-10-15-5-3-6-16(15)13-17/h1-2,4,7-13H,3,5-6,14H2,(H,22,24)(H,25,26)/p-1. The second kappa shape index (κ2) is 8.00. The van der Waals surface area contributed by atoms with Gasteiger partial charge in [-0.2, -0.15) is 0 Å². The van der Waals surface area contributed by atoms with Crippen LogP contribution in [0.1, 0.15) is 33.7 Å². The van der Waals surface area contributed by atoms with Crippen molar-refractivity contribution in [2.24, 2.45) is 0 Å². The topological polar surface area (TPSA) is 85.6 Å². The van der Waals surface area contributed by atoms with E-state index in [2.05, 4.69) is 5.32 Å². The quantitative estimate of drug-likeness (QED) is 0.646. The number of benzene rings is 2. The van der Waals surface area contributed by atoms with Gasteiger partial charge >= 0.3 is 0 Å². The van der Waals surface area contributed by atoms with Crippen molar-refractivity contribution >= 4 is 28.5 Å². The summed E-state index contributed by atoms with van der Waals surface area (Å²) >= 11 is -2.58. The van der Waals surface area contributed by atoms with Crippen LogP contribution in [0, 0.1) is 0 Å². The van der Waals surface area contributed by atoms with E-state index >= 15 is 0 Å². The number of fused-ring (bicyclic) bond motifs is 1. The largest absolute Gasteiger partial charge is 0.755 e. The van der Waals surface area contributed by atoms with Crippen LogP contribution in [0.4, 0.5) is 11.4 Å². The number of amides is 1. The van der Waals surface area contributed by atoms with Gasteiger partial charge in [0, 0.05) is 0 Å². The van der Waals surface area contributed by atoms with Crippen molar-refractivity contribution < 1.29 is 18.0 Å². The van der Waals surface area contributed by atoms with Crippen molar-refractivity contribution in [3.63, 3.8) is 0 Å². The molecular formula is C21H19N2O4S-. The van der Waals surface area contributed by atoms with Gasteiger partial charge in [0.15, 0.2) is 0 Å². The molecule has 1 atom stereocenters. The van der Waals surface area contributed by atoms with Crippen LogP contribution in [-0.2, 0) is 30.7 Å². The summed E-state index contributed by atoms with van der Waals surface area (Å²) in [5, 5.41) is 2.77. The van der Waals surface area contributed by atoms with Gasteiger partial charge in [-0.15, -0.1) is 0 Å². The Morgan fingerprint density at radius 1 is 1.11 bits per heavy atom. The van der Waals surface area contributed by atoms with Crippen LogP contribution in [0.2, 0.25) is 0 Å². The van der Waals surface area contributed by atoms with E-state index in [9.17, 15) is 13.6 Å². The van der Waals surface area contributed by atoms with E-state index in [1.165, 1.54) is 16.1 Å². The zero-order valence-corrected chi connectivity index (χ0v) is 15.9. The Morgan fingerprint density at radius 3 is 2.71 bits per heavy atom. The van der Waals surface area contributed by atoms with E-state index in [1.54, 1.807) is 42.5 Å². The van der Waals surface area contributed by atoms with Crippen molar-refractivity contribution in [3.05, 3.63) is 83.3 Å². The summed E-state index contributed by atoms with van der Waals surface area (Å²) in [5.41, 5.74) is 3.53. The second-order valence-electron chi connectivity index (χ2n) is 6.60. The lowest BCUT2D eigenvalue weighted by molar-refractivity contribution is 0.0949. The highest BCUT2D eigenvalue weighted by Crippen LogP contribution is 2.33. The number of hydrogen-bond donors (Lipinski definition) is 1. The van der Waals surface area contributed by atoms with Gasteiger partial charge in [-0.25, -0.2) is 0 Å². The van der Waals surface area contributed by atoms with Crippen LogP contribution in [0.5, 0.6) is 0 Å². The number of carbonyl (C=O) groups excluding carboxylic acids is 1. The summed E-state index contributed by atoms with van der Waals surface area (Å²) in [6, 6.07) is 15.8. The van der Waals surface area contributed by atoms with Crippen molar-refractivity contribution in [2.75, 3.05) is 4.31 Å². The first-order valence-corrected chi connectivity index (χ1v) is 10.1.